The number of nitrogens with one attached hydrogen (secondary N) is 1. The highest BCUT2D eigenvalue weighted by Gasteiger charge is 2.26. The Labute approximate surface area is 146 Å². The Hall–Kier alpha value is -0.0800. The second-order valence-corrected chi connectivity index (χ2v) is 6.03. The molecule has 2 aliphatic heterocycles. The molecule has 124 valence electrons. The number of nitrogens with zero attached hydrogens (tertiary/aromatic N) is 3. The third-order valence-corrected chi connectivity index (χ3v) is 4.57. The van der Waals surface area contributed by atoms with Gasteiger partial charge < -0.3 is 19.9 Å². The molecule has 1 N–H and O–H groups in total. The van der Waals surface area contributed by atoms with E-state index in [2.05, 4.69) is 27.0 Å². The Morgan fingerprint density at radius 3 is 2.62 bits per heavy atom. The Kier molecular flexibility index (Phi) is 8.89. The van der Waals surface area contributed by atoms with Crippen LogP contribution in [0.1, 0.15) is 19.8 Å². The lowest BCUT2D eigenvalue weighted by molar-refractivity contribution is 0.157. The second-order valence-electron chi connectivity index (χ2n) is 6.03. The minimum absolute atomic E-state index is 0. The van der Waals surface area contributed by atoms with Crippen LogP contribution in [0.15, 0.2) is 4.99 Å². The first-order valence-electron chi connectivity index (χ1n) is 7.93. The molecule has 2 aliphatic rings. The van der Waals surface area contributed by atoms with Crippen LogP contribution in [0.5, 0.6) is 0 Å². The molecule has 0 radical (unpaired) electrons. The molecule has 2 heterocycles. The summed E-state index contributed by atoms with van der Waals surface area (Å²) in [4.78, 5) is 9.34. The minimum Gasteiger partial charge on any atom is -0.384 e. The van der Waals surface area contributed by atoms with Gasteiger partial charge >= 0.3 is 0 Å². The Balaban J connectivity index is 0.00000220. The van der Waals surface area contributed by atoms with E-state index in [-0.39, 0.29) is 24.0 Å². The van der Waals surface area contributed by atoms with E-state index in [0.717, 1.165) is 38.1 Å². The summed E-state index contributed by atoms with van der Waals surface area (Å²) in [6.45, 7) is 9.98. The highest BCUT2D eigenvalue weighted by molar-refractivity contribution is 14.0. The first-order valence-corrected chi connectivity index (χ1v) is 7.93. The van der Waals surface area contributed by atoms with Crippen molar-refractivity contribution in [2.24, 2.45) is 16.8 Å². The molecule has 0 bridgehead atoms. The number of methoxy groups -OCH3 is 1. The molecule has 0 aliphatic carbocycles. The topological polar surface area (TPSA) is 40.1 Å². The molecular weight excluding hydrogens is 379 g/mol. The molecule has 2 saturated heterocycles. The van der Waals surface area contributed by atoms with Crippen molar-refractivity contribution in [1.29, 1.82) is 0 Å². The van der Waals surface area contributed by atoms with Crippen molar-refractivity contribution >= 4 is 29.9 Å². The molecule has 0 aromatic carbocycles. The molecule has 6 heteroatoms. The fourth-order valence-electron chi connectivity index (χ4n) is 3.33. The Morgan fingerprint density at radius 2 is 2.00 bits per heavy atom. The van der Waals surface area contributed by atoms with Crippen molar-refractivity contribution in [1.82, 2.24) is 15.1 Å². The summed E-state index contributed by atoms with van der Waals surface area (Å²) >= 11 is 0. The van der Waals surface area contributed by atoms with E-state index in [4.69, 9.17) is 4.74 Å². The first-order chi connectivity index (χ1) is 9.76. The van der Waals surface area contributed by atoms with E-state index < -0.39 is 0 Å². The van der Waals surface area contributed by atoms with Gasteiger partial charge in [-0.1, -0.05) is 6.92 Å². The number of hydrogen-bond acceptors (Lipinski definition) is 3. The van der Waals surface area contributed by atoms with E-state index in [0.29, 0.717) is 5.92 Å². The maximum absolute atomic E-state index is 5.26. The van der Waals surface area contributed by atoms with Crippen LogP contribution in [0.4, 0.5) is 0 Å². The fourth-order valence-corrected chi connectivity index (χ4v) is 3.33. The summed E-state index contributed by atoms with van der Waals surface area (Å²) in [5.41, 5.74) is 0. The van der Waals surface area contributed by atoms with Gasteiger partial charge in [-0.05, 0) is 31.8 Å². The average Bonchev–Trinajstić information content (AvgIpc) is 3.09. The third kappa shape index (κ3) is 5.56. The van der Waals surface area contributed by atoms with Gasteiger partial charge in [-0.2, -0.15) is 0 Å². The van der Waals surface area contributed by atoms with Gasteiger partial charge in [0.15, 0.2) is 5.96 Å². The molecule has 2 atom stereocenters. The smallest absolute Gasteiger partial charge is 0.193 e. The van der Waals surface area contributed by atoms with Crippen molar-refractivity contribution in [3.63, 3.8) is 0 Å². The minimum atomic E-state index is 0. The van der Waals surface area contributed by atoms with Crippen LogP contribution in [-0.2, 0) is 4.74 Å². The van der Waals surface area contributed by atoms with Crippen LogP contribution in [0.3, 0.4) is 0 Å². The molecular formula is C15H31IN4O. The van der Waals surface area contributed by atoms with Crippen molar-refractivity contribution < 1.29 is 4.74 Å². The van der Waals surface area contributed by atoms with Crippen LogP contribution in [0, 0.1) is 11.8 Å². The maximum atomic E-state index is 5.26. The molecule has 0 aromatic rings. The van der Waals surface area contributed by atoms with Gasteiger partial charge in [0.05, 0.1) is 6.61 Å². The molecule has 2 unspecified atom stereocenters. The highest BCUT2D eigenvalue weighted by Crippen LogP contribution is 2.17. The summed E-state index contributed by atoms with van der Waals surface area (Å²) in [6, 6.07) is 0. The summed E-state index contributed by atoms with van der Waals surface area (Å²) < 4.78 is 5.26. The largest absolute Gasteiger partial charge is 0.384 e. The Bertz CT molecular complexity index is 327. The lowest BCUT2D eigenvalue weighted by Gasteiger charge is -2.23. The van der Waals surface area contributed by atoms with Crippen molar-refractivity contribution in [3.05, 3.63) is 0 Å². The molecule has 21 heavy (non-hydrogen) atoms. The van der Waals surface area contributed by atoms with Gasteiger partial charge in [0.1, 0.15) is 0 Å². The standard InChI is InChI=1S/C15H30N4O.HI/c1-4-18-7-5-13(10-18)9-17-15(16-2)19-8-6-14(11-19)12-20-3;/h13-14H,4-12H2,1-3H3,(H,16,17);1H. The summed E-state index contributed by atoms with van der Waals surface area (Å²) in [5, 5.41) is 3.57. The quantitative estimate of drug-likeness (QED) is 0.424. The number of hydrogen-bond donors (Lipinski definition) is 1. The van der Waals surface area contributed by atoms with Crippen molar-refractivity contribution in [2.45, 2.75) is 19.8 Å². The first kappa shape index (κ1) is 19.0. The number of ether oxygens (including phenoxy) is 1. The zero-order chi connectivity index (χ0) is 14.4. The fraction of sp³-hybridized carbons (Fsp3) is 0.933. The van der Waals surface area contributed by atoms with E-state index >= 15 is 0 Å². The summed E-state index contributed by atoms with van der Waals surface area (Å²) in [6.07, 6.45) is 2.52. The van der Waals surface area contributed by atoms with Gasteiger partial charge in [-0.25, -0.2) is 0 Å². The van der Waals surface area contributed by atoms with E-state index in [9.17, 15) is 0 Å². The molecule has 0 aromatic heterocycles. The van der Waals surface area contributed by atoms with Gasteiger partial charge in [0.2, 0.25) is 0 Å². The van der Waals surface area contributed by atoms with Crippen molar-refractivity contribution in [3.8, 4) is 0 Å². The van der Waals surface area contributed by atoms with Gasteiger partial charge in [-0.3, -0.25) is 4.99 Å². The third-order valence-electron chi connectivity index (χ3n) is 4.57. The van der Waals surface area contributed by atoms with Gasteiger partial charge in [0.25, 0.3) is 0 Å². The zero-order valence-electron chi connectivity index (χ0n) is 13.7. The lowest BCUT2D eigenvalue weighted by atomic mass is 10.1. The molecule has 0 amide bonds. The number of guanidine groups is 1. The monoisotopic (exact) mass is 410 g/mol. The summed E-state index contributed by atoms with van der Waals surface area (Å²) in [5.74, 6) is 2.49. The predicted octanol–water partition coefficient (Wildman–Crippen LogP) is 1.49. The number of halogens is 1. The van der Waals surface area contributed by atoms with E-state index in [1.54, 1.807) is 7.11 Å². The average molecular weight is 410 g/mol. The normalized spacial score (nSPS) is 27.0. The maximum Gasteiger partial charge on any atom is 0.193 e. The van der Waals surface area contributed by atoms with Crippen LogP contribution >= 0.6 is 24.0 Å². The van der Waals surface area contributed by atoms with Crippen LogP contribution in [0.25, 0.3) is 0 Å². The number of aliphatic imine (C=N–C) groups is 1. The Morgan fingerprint density at radius 1 is 1.24 bits per heavy atom. The van der Waals surface area contributed by atoms with Crippen LogP contribution in [0.2, 0.25) is 0 Å². The summed E-state index contributed by atoms with van der Waals surface area (Å²) in [7, 11) is 3.67. The van der Waals surface area contributed by atoms with Crippen molar-refractivity contribution in [2.75, 3.05) is 60.0 Å². The molecule has 5 nitrogen and oxygen atoms in total. The van der Waals surface area contributed by atoms with Crippen LogP contribution < -0.4 is 5.32 Å². The van der Waals surface area contributed by atoms with Crippen LogP contribution in [-0.4, -0.2) is 75.8 Å². The SMILES string of the molecule is CCN1CCC(CNC(=NC)N2CCC(COC)C2)C1.I. The molecule has 0 saturated carbocycles. The predicted molar refractivity (Wildman–Crippen MR) is 98.6 cm³/mol. The number of likely N-dealkylation sites (tertiary alicyclic amines) is 2. The van der Waals surface area contributed by atoms with Gasteiger partial charge in [0, 0.05) is 46.3 Å². The molecule has 2 fully saturated rings. The molecule has 0 spiro atoms. The van der Waals surface area contributed by atoms with Gasteiger partial charge in [-0.15, -0.1) is 24.0 Å². The molecule has 2 rings (SSSR count). The second kappa shape index (κ2) is 9.84. The lowest BCUT2D eigenvalue weighted by Crippen LogP contribution is -2.42. The highest BCUT2D eigenvalue weighted by atomic mass is 127. The zero-order valence-corrected chi connectivity index (χ0v) is 16.0. The van der Waals surface area contributed by atoms with E-state index in [1.807, 2.05) is 7.05 Å². The van der Waals surface area contributed by atoms with E-state index in [1.165, 1.54) is 32.5 Å². The number of rotatable bonds is 5.